The van der Waals surface area contributed by atoms with Crippen molar-refractivity contribution in [2.24, 2.45) is 0 Å². The molecule has 0 aliphatic rings. The number of aromatic nitrogens is 2. The maximum Gasteiger partial charge on any atom is 0.0762 e. The summed E-state index contributed by atoms with van der Waals surface area (Å²) >= 11 is 5.96. The predicted molar refractivity (Wildman–Crippen MR) is 73.5 cm³/mol. The lowest BCUT2D eigenvalue weighted by molar-refractivity contribution is 0.463. The molecule has 0 bridgehead atoms. The van der Waals surface area contributed by atoms with Crippen LogP contribution in [0.15, 0.2) is 12.3 Å². The van der Waals surface area contributed by atoms with E-state index in [0.29, 0.717) is 12.1 Å². The van der Waals surface area contributed by atoms with Crippen molar-refractivity contribution >= 4 is 11.6 Å². The summed E-state index contributed by atoms with van der Waals surface area (Å²) in [6, 6.07) is 2.98. The highest BCUT2D eigenvalue weighted by Gasteiger charge is 2.08. The van der Waals surface area contributed by atoms with Crippen molar-refractivity contribution in [3.05, 3.63) is 18.0 Å². The van der Waals surface area contributed by atoms with E-state index >= 15 is 0 Å². The quantitative estimate of drug-likeness (QED) is 0.760. The molecule has 17 heavy (non-hydrogen) atoms. The number of rotatable bonds is 7. The van der Waals surface area contributed by atoms with E-state index in [-0.39, 0.29) is 5.38 Å². The number of alkyl halides is 1. The fraction of sp³-hybridized carbons (Fsp3) is 0.769. The van der Waals surface area contributed by atoms with Crippen LogP contribution in [-0.4, -0.2) is 21.2 Å². The van der Waals surface area contributed by atoms with E-state index in [0.717, 1.165) is 25.1 Å². The molecule has 0 aromatic carbocycles. The van der Waals surface area contributed by atoms with Crippen LogP contribution in [0.2, 0.25) is 0 Å². The molecule has 1 heterocycles. The lowest BCUT2D eigenvalue weighted by Crippen LogP contribution is -2.27. The molecule has 1 rings (SSSR count). The topological polar surface area (TPSA) is 29.9 Å². The molecule has 3 atom stereocenters. The lowest BCUT2D eigenvalue weighted by atomic mass is 10.2. The van der Waals surface area contributed by atoms with Crippen molar-refractivity contribution in [3.63, 3.8) is 0 Å². The van der Waals surface area contributed by atoms with Gasteiger partial charge in [-0.3, -0.25) is 4.68 Å². The fourth-order valence-electron chi connectivity index (χ4n) is 1.75. The van der Waals surface area contributed by atoms with Gasteiger partial charge in [0.1, 0.15) is 0 Å². The standard InChI is InChI=1S/C13H24ClN3/c1-5-12(4)17-7-6-13(16-17)9-15-11(3)8-10(2)14/h6-7,10-12,15H,5,8-9H2,1-4H3. The third-order valence-electron chi connectivity index (χ3n) is 3.02. The molecule has 0 radical (unpaired) electrons. The molecule has 0 aliphatic heterocycles. The summed E-state index contributed by atoms with van der Waals surface area (Å²) in [4.78, 5) is 0. The molecular formula is C13H24ClN3. The summed E-state index contributed by atoms with van der Waals surface area (Å²) in [6.45, 7) is 9.35. The van der Waals surface area contributed by atoms with Gasteiger partial charge in [-0.25, -0.2) is 0 Å². The Labute approximate surface area is 110 Å². The molecule has 1 N–H and O–H groups in total. The average molecular weight is 258 g/mol. The highest BCUT2D eigenvalue weighted by Crippen LogP contribution is 2.09. The first kappa shape index (κ1) is 14.5. The zero-order valence-corrected chi connectivity index (χ0v) is 12.0. The Bertz CT molecular complexity index is 322. The monoisotopic (exact) mass is 257 g/mol. The van der Waals surface area contributed by atoms with Gasteiger partial charge in [0, 0.05) is 30.2 Å². The van der Waals surface area contributed by atoms with Gasteiger partial charge in [-0.15, -0.1) is 11.6 Å². The van der Waals surface area contributed by atoms with Crippen molar-refractivity contribution < 1.29 is 0 Å². The highest BCUT2D eigenvalue weighted by molar-refractivity contribution is 6.20. The molecule has 0 amide bonds. The Morgan fingerprint density at radius 2 is 2.12 bits per heavy atom. The smallest absolute Gasteiger partial charge is 0.0762 e. The van der Waals surface area contributed by atoms with Gasteiger partial charge in [0.15, 0.2) is 0 Å². The molecule has 1 aromatic heterocycles. The minimum atomic E-state index is 0.218. The van der Waals surface area contributed by atoms with Crippen LogP contribution in [0.25, 0.3) is 0 Å². The molecule has 0 saturated heterocycles. The molecular weight excluding hydrogens is 234 g/mol. The van der Waals surface area contributed by atoms with Gasteiger partial charge in [-0.05, 0) is 39.7 Å². The molecule has 1 aromatic rings. The van der Waals surface area contributed by atoms with E-state index in [1.54, 1.807) is 0 Å². The van der Waals surface area contributed by atoms with E-state index in [9.17, 15) is 0 Å². The van der Waals surface area contributed by atoms with Crippen molar-refractivity contribution in [1.82, 2.24) is 15.1 Å². The normalized spacial score (nSPS) is 16.8. The number of hydrogen-bond donors (Lipinski definition) is 1. The van der Waals surface area contributed by atoms with Crippen LogP contribution in [0, 0.1) is 0 Å². The van der Waals surface area contributed by atoms with Gasteiger partial charge >= 0.3 is 0 Å². The predicted octanol–water partition coefficient (Wildman–Crippen LogP) is 3.35. The molecule has 3 nitrogen and oxygen atoms in total. The first-order valence-electron chi connectivity index (χ1n) is 6.44. The van der Waals surface area contributed by atoms with E-state index < -0.39 is 0 Å². The summed E-state index contributed by atoms with van der Waals surface area (Å²) in [5.74, 6) is 0. The van der Waals surface area contributed by atoms with E-state index in [2.05, 4.69) is 43.4 Å². The lowest BCUT2D eigenvalue weighted by Gasteiger charge is -2.14. The Kier molecular flexibility index (Phi) is 6.00. The Balaban J connectivity index is 2.39. The van der Waals surface area contributed by atoms with Crippen LogP contribution < -0.4 is 5.32 Å². The van der Waals surface area contributed by atoms with Gasteiger partial charge < -0.3 is 5.32 Å². The van der Waals surface area contributed by atoms with Crippen LogP contribution in [0.5, 0.6) is 0 Å². The molecule has 0 aliphatic carbocycles. The summed E-state index contributed by atoms with van der Waals surface area (Å²) in [5, 5.41) is 8.21. The average Bonchev–Trinajstić information content (AvgIpc) is 2.73. The maximum absolute atomic E-state index is 5.96. The molecule has 3 unspecified atom stereocenters. The van der Waals surface area contributed by atoms with Crippen LogP contribution in [0.4, 0.5) is 0 Å². The number of nitrogens with zero attached hydrogens (tertiary/aromatic N) is 2. The van der Waals surface area contributed by atoms with Gasteiger partial charge in [0.25, 0.3) is 0 Å². The molecule has 98 valence electrons. The zero-order chi connectivity index (χ0) is 12.8. The van der Waals surface area contributed by atoms with E-state index in [1.165, 1.54) is 0 Å². The summed E-state index contributed by atoms with van der Waals surface area (Å²) in [5.41, 5.74) is 1.10. The van der Waals surface area contributed by atoms with Crippen molar-refractivity contribution in [2.45, 2.75) is 64.5 Å². The Hall–Kier alpha value is -0.540. The van der Waals surface area contributed by atoms with Gasteiger partial charge in [0.05, 0.1) is 5.69 Å². The maximum atomic E-state index is 5.96. The number of halogens is 1. The van der Waals surface area contributed by atoms with Crippen molar-refractivity contribution in [1.29, 1.82) is 0 Å². The molecule has 0 saturated carbocycles. The second-order valence-electron chi connectivity index (χ2n) is 4.84. The minimum absolute atomic E-state index is 0.218. The van der Waals surface area contributed by atoms with Crippen molar-refractivity contribution in [3.8, 4) is 0 Å². The third kappa shape index (κ3) is 5.09. The Morgan fingerprint density at radius 3 is 2.71 bits per heavy atom. The highest BCUT2D eigenvalue weighted by atomic mass is 35.5. The molecule has 4 heteroatoms. The number of nitrogens with one attached hydrogen (secondary N) is 1. The second-order valence-corrected chi connectivity index (χ2v) is 5.59. The summed E-state index contributed by atoms with van der Waals surface area (Å²) < 4.78 is 2.03. The van der Waals surface area contributed by atoms with E-state index in [4.69, 9.17) is 11.6 Å². The zero-order valence-electron chi connectivity index (χ0n) is 11.3. The summed E-state index contributed by atoms with van der Waals surface area (Å²) in [7, 11) is 0. The first-order valence-corrected chi connectivity index (χ1v) is 6.88. The Morgan fingerprint density at radius 1 is 1.41 bits per heavy atom. The summed E-state index contributed by atoms with van der Waals surface area (Å²) in [6.07, 6.45) is 4.14. The minimum Gasteiger partial charge on any atom is -0.309 e. The SMILES string of the molecule is CCC(C)n1ccc(CNC(C)CC(C)Cl)n1. The van der Waals surface area contributed by atoms with Gasteiger partial charge in [-0.2, -0.15) is 5.10 Å². The van der Waals surface area contributed by atoms with Crippen LogP contribution in [0.1, 0.15) is 52.3 Å². The van der Waals surface area contributed by atoms with Crippen LogP contribution in [0.3, 0.4) is 0 Å². The first-order chi connectivity index (χ1) is 8.02. The molecule has 0 fully saturated rings. The fourth-order valence-corrected chi connectivity index (χ4v) is 2.02. The van der Waals surface area contributed by atoms with Crippen molar-refractivity contribution in [2.75, 3.05) is 0 Å². The van der Waals surface area contributed by atoms with Gasteiger partial charge in [-0.1, -0.05) is 6.92 Å². The van der Waals surface area contributed by atoms with Crippen LogP contribution >= 0.6 is 11.6 Å². The van der Waals surface area contributed by atoms with Crippen LogP contribution in [-0.2, 0) is 6.54 Å². The second kappa shape index (κ2) is 7.02. The van der Waals surface area contributed by atoms with Gasteiger partial charge in [0.2, 0.25) is 0 Å². The molecule has 0 spiro atoms. The largest absolute Gasteiger partial charge is 0.309 e. The number of hydrogen-bond acceptors (Lipinski definition) is 2. The van der Waals surface area contributed by atoms with E-state index in [1.807, 2.05) is 11.6 Å². The third-order valence-corrected chi connectivity index (χ3v) is 3.19.